The van der Waals surface area contributed by atoms with Gasteiger partial charge in [-0.3, -0.25) is 15.8 Å². The maximum atomic E-state index is 10.7. The number of hydrazine groups is 1. The molecule has 1 aliphatic rings. The van der Waals surface area contributed by atoms with Gasteiger partial charge >= 0.3 is 5.97 Å². The average molecular weight is 247 g/mol. The number of amidine groups is 1. The highest BCUT2D eigenvalue weighted by Crippen LogP contribution is 2.09. The van der Waals surface area contributed by atoms with Gasteiger partial charge in [-0.1, -0.05) is 6.42 Å². The van der Waals surface area contributed by atoms with E-state index in [2.05, 4.69) is 15.8 Å². The van der Waals surface area contributed by atoms with Gasteiger partial charge in [-0.25, -0.2) is 4.79 Å². The Bertz CT molecular complexity index is 440. The van der Waals surface area contributed by atoms with E-state index in [0.29, 0.717) is 0 Å². The molecule has 0 bridgehead atoms. The molecule has 0 fully saturated rings. The van der Waals surface area contributed by atoms with Gasteiger partial charge in [0.2, 0.25) is 0 Å². The maximum absolute atomic E-state index is 10.7. The van der Waals surface area contributed by atoms with E-state index in [1.165, 1.54) is 6.42 Å². The van der Waals surface area contributed by atoms with Crippen LogP contribution in [0.25, 0.3) is 0 Å². The first kappa shape index (κ1) is 12.4. The number of carbonyl (C=O) groups is 1. The number of anilines is 1. The van der Waals surface area contributed by atoms with E-state index in [1.807, 2.05) is 0 Å². The predicted octanol–water partition coefficient (Wildman–Crippen LogP) is 2.27. The van der Waals surface area contributed by atoms with Crippen LogP contribution in [0.5, 0.6) is 0 Å². The monoisotopic (exact) mass is 247 g/mol. The number of carboxylic acid groups (broad SMARTS) is 1. The van der Waals surface area contributed by atoms with Crippen molar-refractivity contribution in [3.63, 3.8) is 0 Å². The van der Waals surface area contributed by atoms with Crippen LogP contribution in [0.3, 0.4) is 0 Å². The topological polar surface area (TPSA) is 73.7 Å². The van der Waals surface area contributed by atoms with Gasteiger partial charge in [0.1, 0.15) is 5.84 Å². The van der Waals surface area contributed by atoms with Crippen molar-refractivity contribution in [2.75, 3.05) is 12.0 Å². The van der Waals surface area contributed by atoms with Crippen LogP contribution in [0.15, 0.2) is 29.3 Å². The summed E-state index contributed by atoms with van der Waals surface area (Å²) in [6, 6.07) is 6.60. The average Bonchev–Trinajstić information content (AvgIpc) is 2.65. The predicted molar refractivity (Wildman–Crippen MR) is 70.9 cm³/mol. The minimum atomic E-state index is -0.914. The molecule has 0 saturated heterocycles. The van der Waals surface area contributed by atoms with Gasteiger partial charge in [-0.05, 0) is 37.1 Å². The molecule has 0 spiro atoms. The lowest BCUT2D eigenvalue weighted by Crippen LogP contribution is -2.29. The molecule has 0 amide bonds. The molecule has 2 rings (SSSR count). The standard InChI is InChI=1S/C13H17N3O2/c17-13(18)10-5-7-11(8-6-10)15-16-12-4-2-1-3-9-14-12/h5-8,15H,1-4,9H2,(H,14,16)(H,17,18). The van der Waals surface area contributed by atoms with Crippen molar-refractivity contribution in [3.8, 4) is 0 Å². The minimum absolute atomic E-state index is 0.285. The molecule has 1 aromatic rings. The molecule has 5 heteroatoms. The van der Waals surface area contributed by atoms with Gasteiger partial charge in [-0.15, -0.1) is 0 Å². The zero-order chi connectivity index (χ0) is 12.8. The molecule has 1 aromatic carbocycles. The highest BCUT2D eigenvalue weighted by Gasteiger charge is 2.04. The van der Waals surface area contributed by atoms with Gasteiger partial charge < -0.3 is 5.11 Å². The fourth-order valence-electron chi connectivity index (χ4n) is 1.82. The molecule has 1 aliphatic heterocycles. The second kappa shape index (κ2) is 6.05. The number of rotatable bonds is 3. The molecule has 3 N–H and O–H groups in total. The van der Waals surface area contributed by atoms with E-state index in [4.69, 9.17) is 5.11 Å². The Morgan fingerprint density at radius 1 is 1.11 bits per heavy atom. The molecule has 1 heterocycles. The van der Waals surface area contributed by atoms with Gasteiger partial charge in [0.05, 0.1) is 11.3 Å². The van der Waals surface area contributed by atoms with E-state index >= 15 is 0 Å². The normalized spacial score (nSPS) is 15.4. The van der Waals surface area contributed by atoms with Crippen molar-refractivity contribution in [3.05, 3.63) is 29.8 Å². The summed E-state index contributed by atoms with van der Waals surface area (Å²) in [6.45, 7) is 0.877. The number of nitrogens with one attached hydrogen (secondary N) is 2. The second-order valence-corrected chi connectivity index (χ2v) is 4.27. The number of benzene rings is 1. The Labute approximate surface area is 106 Å². The zero-order valence-electron chi connectivity index (χ0n) is 10.1. The highest BCUT2D eigenvalue weighted by atomic mass is 16.4. The molecule has 0 aliphatic carbocycles. The Morgan fingerprint density at radius 2 is 1.89 bits per heavy atom. The van der Waals surface area contributed by atoms with E-state index in [0.717, 1.165) is 37.3 Å². The van der Waals surface area contributed by atoms with Crippen LogP contribution in [0.4, 0.5) is 5.69 Å². The molecule has 18 heavy (non-hydrogen) atoms. The number of nitrogens with zero attached hydrogens (tertiary/aromatic N) is 1. The Hall–Kier alpha value is -2.04. The van der Waals surface area contributed by atoms with E-state index < -0.39 is 5.97 Å². The molecule has 96 valence electrons. The van der Waals surface area contributed by atoms with Crippen LogP contribution in [-0.2, 0) is 0 Å². The molecule has 0 saturated carbocycles. The molecule has 5 nitrogen and oxygen atoms in total. The highest BCUT2D eigenvalue weighted by molar-refractivity contribution is 5.88. The molecular weight excluding hydrogens is 230 g/mol. The summed E-state index contributed by atoms with van der Waals surface area (Å²) in [5, 5.41) is 8.79. The number of aliphatic imine (C=N–C) groups is 1. The third-order valence-corrected chi connectivity index (χ3v) is 2.86. The van der Waals surface area contributed by atoms with Crippen LogP contribution in [-0.4, -0.2) is 23.5 Å². The molecule has 0 unspecified atom stereocenters. The Morgan fingerprint density at radius 3 is 2.61 bits per heavy atom. The number of aromatic carboxylic acids is 1. The minimum Gasteiger partial charge on any atom is -0.478 e. The second-order valence-electron chi connectivity index (χ2n) is 4.27. The van der Waals surface area contributed by atoms with Crippen molar-refractivity contribution in [1.82, 2.24) is 5.43 Å². The SMILES string of the molecule is O=C(O)c1ccc(NNC2=NCCCCC2)cc1. The van der Waals surface area contributed by atoms with Gasteiger partial charge in [0.15, 0.2) is 0 Å². The van der Waals surface area contributed by atoms with Crippen LogP contribution in [0.2, 0.25) is 0 Å². The summed E-state index contributed by atoms with van der Waals surface area (Å²) in [5.74, 6) is 0.0532. The van der Waals surface area contributed by atoms with Crippen LogP contribution >= 0.6 is 0 Å². The quantitative estimate of drug-likeness (QED) is 0.716. The fourth-order valence-corrected chi connectivity index (χ4v) is 1.82. The van der Waals surface area contributed by atoms with Gasteiger partial charge in [0.25, 0.3) is 0 Å². The summed E-state index contributed by atoms with van der Waals surface area (Å²) in [7, 11) is 0. The van der Waals surface area contributed by atoms with Crippen LogP contribution < -0.4 is 10.9 Å². The molecule has 0 aromatic heterocycles. The largest absolute Gasteiger partial charge is 0.478 e. The van der Waals surface area contributed by atoms with Crippen molar-refractivity contribution in [2.24, 2.45) is 4.99 Å². The zero-order valence-corrected chi connectivity index (χ0v) is 10.1. The summed E-state index contributed by atoms with van der Waals surface area (Å²) in [4.78, 5) is 15.1. The first-order valence-corrected chi connectivity index (χ1v) is 6.14. The first-order valence-electron chi connectivity index (χ1n) is 6.14. The smallest absolute Gasteiger partial charge is 0.335 e. The fraction of sp³-hybridized carbons (Fsp3) is 0.385. The lowest BCUT2D eigenvalue weighted by molar-refractivity contribution is 0.0697. The van der Waals surface area contributed by atoms with E-state index in [-0.39, 0.29) is 5.56 Å². The van der Waals surface area contributed by atoms with Crippen LogP contribution in [0.1, 0.15) is 36.0 Å². The van der Waals surface area contributed by atoms with Crippen molar-refractivity contribution in [1.29, 1.82) is 0 Å². The van der Waals surface area contributed by atoms with Gasteiger partial charge in [-0.2, -0.15) is 0 Å². The number of hydrogen-bond acceptors (Lipinski definition) is 4. The van der Waals surface area contributed by atoms with E-state index in [9.17, 15) is 4.79 Å². The first-order chi connectivity index (χ1) is 8.75. The molecule has 0 atom stereocenters. The molecule has 0 radical (unpaired) electrons. The summed E-state index contributed by atoms with van der Waals surface area (Å²) in [6.07, 6.45) is 4.49. The number of hydrogen-bond donors (Lipinski definition) is 3. The lowest BCUT2D eigenvalue weighted by atomic mass is 10.2. The summed E-state index contributed by atoms with van der Waals surface area (Å²) >= 11 is 0. The van der Waals surface area contributed by atoms with Crippen LogP contribution in [0, 0.1) is 0 Å². The number of carboxylic acids is 1. The third kappa shape index (κ3) is 3.48. The maximum Gasteiger partial charge on any atom is 0.335 e. The Kier molecular flexibility index (Phi) is 4.17. The lowest BCUT2D eigenvalue weighted by Gasteiger charge is -2.11. The Balaban J connectivity index is 1.89. The van der Waals surface area contributed by atoms with Crippen molar-refractivity contribution in [2.45, 2.75) is 25.7 Å². The van der Waals surface area contributed by atoms with Gasteiger partial charge in [0, 0.05) is 13.0 Å². The third-order valence-electron chi connectivity index (χ3n) is 2.86. The van der Waals surface area contributed by atoms with Crippen molar-refractivity contribution >= 4 is 17.5 Å². The summed E-state index contributed by atoms with van der Waals surface area (Å²) in [5.41, 5.74) is 7.22. The summed E-state index contributed by atoms with van der Waals surface area (Å²) < 4.78 is 0. The van der Waals surface area contributed by atoms with E-state index in [1.54, 1.807) is 24.3 Å². The molecular formula is C13H17N3O2. The van der Waals surface area contributed by atoms with Crippen molar-refractivity contribution < 1.29 is 9.90 Å².